The Kier molecular flexibility index (Phi) is 5.26. The monoisotopic (exact) mass is 326 g/mol. The van der Waals surface area contributed by atoms with Crippen LogP contribution in [0.15, 0.2) is 48.5 Å². The van der Waals surface area contributed by atoms with Crippen molar-refractivity contribution in [3.8, 4) is 0 Å². The van der Waals surface area contributed by atoms with E-state index >= 15 is 0 Å². The predicted octanol–water partition coefficient (Wildman–Crippen LogP) is 3.38. The second-order valence-corrected chi connectivity index (χ2v) is 6.62. The number of benzene rings is 2. The van der Waals surface area contributed by atoms with Gasteiger partial charge < -0.3 is 5.73 Å². The van der Waals surface area contributed by atoms with Crippen molar-refractivity contribution in [2.24, 2.45) is 11.7 Å². The lowest BCUT2D eigenvalue weighted by atomic mass is 9.90. The van der Waals surface area contributed by atoms with Crippen molar-refractivity contribution in [1.29, 1.82) is 0 Å². The Balaban J connectivity index is 1.52. The molecule has 1 amide bonds. The fourth-order valence-electron chi connectivity index (χ4n) is 3.43. The summed E-state index contributed by atoms with van der Waals surface area (Å²) in [6.45, 7) is 2.90. The molecule has 3 nitrogen and oxygen atoms in total. The van der Waals surface area contributed by atoms with Gasteiger partial charge in [-0.2, -0.15) is 0 Å². The van der Waals surface area contributed by atoms with Crippen LogP contribution in [-0.2, 0) is 13.0 Å². The molecule has 0 aliphatic carbocycles. The van der Waals surface area contributed by atoms with E-state index in [0.717, 1.165) is 50.0 Å². The van der Waals surface area contributed by atoms with E-state index in [4.69, 9.17) is 5.73 Å². The van der Waals surface area contributed by atoms with Crippen LogP contribution in [0.5, 0.6) is 0 Å². The van der Waals surface area contributed by atoms with Gasteiger partial charge in [-0.1, -0.05) is 24.3 Å². The Morgan fingerprint density at radius 3 is 2.50 bits per heavy atom. The maximum Gasteiger partial charge on any atom is 0.248 e. The SMILES string of the molecule is NC(=O)c1cccc(CN2CCC(Cc3cccc(F)c3)CC2)c1. The Hall–Kier alpha value is -2.20. The number of piperidine rings is 1. The van der Waals surface area contributed by atoms with Crippen LogP contribution in [0.4, 0.5) is 4.39 Å². The first-order valence-electron chi connectivity index (χ1n) is 8.46. The van der Waals surface area contributed by atoms with Gasteiger partial charge in [-0.15, -0.1) is 0 Å². The van der Waals surface area contributed by atoms with Crippen molar-refractivity contribution in [1.82, 2.24) is 4.90 Å². The number of nitrogens with two attached hydrogens (primary N) is 1. The highest BCUT2D eigenvalue weighted by atomic mass is 19.1. The summed E-state index contributed by atoms with van der Waals surface area (Å²) in [5.74, 6) is 0.0740. The van der Waals surface area contributed by atoms with E-state index in [1.54, 1.807) is 18.2 Å². The van der Waals surface area contributed by atoms with Gasteiger partial charge in [0.05, 0.1) is 0 Å². The second kappa shape index (κ2) is 7.58. The van der Waals surface area contributed by atoms with Gasteiger partial charge in [-0.05, 0) is 73.7 Å². The second-order valence-electron chi connectivity index (χ2n) is 6.62. The molecule has 1 fully saturated rings. The molecule has 1 aliphatic rings. The first-order valence-corrected chi connectivity index (χ1v) is 8.46. The highest BCUT2D eigenvalue weighted by molar-refractivity contribution is 5.92. The van der Waals surface area contributed by atoms with E-state index in [1.807, 2.05) is 24.3 Å². The van der Waals surface area contributed by atoms with Crippen LogP contribution in [-0.4, -0.2) is 23.9 Å². The van der Waals surface area contributed by atoms with E-state index in [-0.39, 0.29) is 11.7 Å². The molecule has 2 aromatic rings. The number of halogens is 1. The fourth-order valence-corrected chi connectivity index (χ4v) is 3.43. The zero-order valence-corrected chi connectivity index (χ0v) is 13.7. The zero-order chi connectivity index (χ0) is 16.9. The minimum Gasteiger partial charge on any atom is -0.366 e. The smallest absolute Gasteiger partial charge is 0.248 e. The number of carbonyl (C=O) groups excluding carboxylic acids is 1. The van der Waals surface area contributed by atoms with Crippen LogP contribution in [0.1, 0.15) is 34.3 Å². The number of nitrogens with zero attached hydrogens (tertiary/aromatic N) is 1. The quantitative estimate of drug-likeness (QED) is 0.915. The van der Waals surface area contributed by atoms with Crippen LogP contribution in [0.3, 0.4) is 0 Å². The summed E-state index contributed by atoms with van der Waals surface area (Å²) in [7, 11) is 0. The van der Waals surface area contributed by atoms with Crippen molar-refractivity contribution in [2.75, 3.05) is 13.1 Å². The first kappa shape index (κ1) is 16.7. The summed E-state index contributed by atoms with van der Waals surface area (Å²) in [4.78, 5) is 13.7. The number of hydrogen-bond donors (Lipinski definition) is 1. The van der Waals surface area contributed by atoms with Gasteiger partial charge in [-0.3, -0.25) is 9.69 Å². The molecule has 4 heteroatoms. The van der Waals surface area contributed by atoms with Crippen LogP contribution >= 0.6 is 0 Å². The fraction of sp³-hybridized carbons (Fsp3) is 0.350. The molecule has 0 bridgehead atoms. The molecule has 0 saturated carbocycles. The average Bonchev–Trinajstić information content (AvgIpc) is 2.57. The third-order valence-corrected chi connectivity index (χ3v) is 4.74. The number of rotatable bonds is 5. The number of carbonyl (C=O) groups is 1. The van der Waals surface area contributed by atoms with E-state index in [9.17, 15) is 9.18 Å². The summed E-state index contributed by atoms with van der Waals surface area (Å²) in [5, 5.41) is 0. The van der Waals surface area contributed by atoms with Crippen molar-refractivity contribution in [3.63, 3.8) is 0 Å². The summed E-state index contributed by atoms with van der Waals surface area (Å²) >= 11 is 0. The Labute approximate surface area is 142 Å². The van der Waals surface area contributed by atoms with E-state index in [1.165, 1.54) is 6.07 Å². The molecular formula is C20H23FN2O. The largest absolute Gasteiger partial charge is 0.366 e. The van der Waals surface area contributed by atoms with Gasteiger partial charge in [0.2, 0.25) is 5.91 Å². The topological polar surface area (TPSA) is 46.3 Å². The molecule has 24 heavy (non-hydrogen) atoms. The molecule has 126 valence electrons. The van der Waals surface area contributed by atoms with Gasteiger partial charge in [-0.25, -0.2) is 4.39 Å². The van der Waals surface area contributed by atoms with Crippen molar-refractivity contribution < 1.29 is 9.18 Å². The molecule has 1 saturated heterocycles. The van der Waals surface area contributed by atoms with Crippen molar-refractivity contribution in [3.05, 3.63) is 71.0 Å². The van der Waals surface area contributed by atoms with Crippen molar-refractivity contribution >= 4 is 5.91 Å². The molecule has 0 aromatic heterocycles. The van der Waals surface area contributed by atoms with Crippen LogP contribution in [0.2, 0.25) is 0 Å². The van der Waals surface area contributed by atoms with Gasteiger partial charge in [0.1, 0.15) is 5.82 Å². The van der Waals surface area contributed by atoms with Crippen LogP contribution < -0.4 is 5.73 Å². The van der Waals surface area contributed by atoms with E-state index in [0.29, 0.717) is 11.5 Å². The molecule has 0 spiro atoms. The lowest BCUT2D eigenvalue weighted by Gasteiger charge is -2.32. The molecule has 2 N–H and O–H groups in total. The molecule has 2 aromatic carbocycles. The molecule has 1 heterocycles. The average molecular weight is 326 g/mol. The predicted molar refractivity (Wildman–Crippen MR) is 93.1 cm³/mol. The highest BCUT2D eigenvalue weighted by Crippen LogP contribution is 2.23. The van der Waals surface area contributed by atoms with Gasteiger partial charge in [0.15, 0.2) is 0 Å². The normalized spacial score (nSPS) is 16.2. The minimum absolute atomic E-state index is 0.153. The summed E-state index contributed by atoms with van der Waals surface area (Å²) in [6, 6.07) is 14.5. The molecular weight excluding hydrogens is 303 g/mol. The van der Waals surface area contributed by atoms with E-state index < -0.39 is 0 Å². The number of amides is 1. The number of primary amides is 1. The molecule has 0 unspecified atom stereocenters. The standard InChI is InChI=1S/C20H23FN2O/c21-19-6-2-3-16(13-19)11-15-7-9-23(10-8-15)14-17-4-1-5-18(12-17)20(22)24/h1-6,12-13,15H,7-11,14H2,(H2,22,24). The third-order valence-electron chi connectivity index (χ3n) is 4.74. The number of hydrogen-bond acceptors (Lipinski definition) is 2. The summed E-state index contributed by atoms with van der Waals surface area (Å²) in [5.41, 5.74) is 8.11. The van der Waals surface area contributed by atoms with Gasteiger partial charge >= 0.3 is 0 Å². The minimum atomic E-state index is -0.384. The molecule has 1 aliphatic heterocycles. The molecule has 0 radical (unpaired) electrons. The lowest BCUT2D eigenvalue weighted by molar-refractivity contribution is 0.1000. The Morgan fingerprint density at radius 1 is 1.08 bits per heavy atom. The maximum absolute atomic E-state index is 13.3. The first-order chi connectivity index (χ1) is 11.6. The maximum atomic E-state index is 13.3. The molecule has 3 rings (SSSR count). The zero-order valence-electron chi connectivity index (χ0n) is 13.7. The Bertz CT molecular complexity index is 708. The highest BCUT2D eigenvalue weighted by Gasteiger charge is 2.19. The summed E-state index contributed by atoms with van der Waals surface area (Å²) < 4.78 is 13.3. The van der Waals surface area contributed by atoms with Gasteiger partial charge in [0.25, 0.3) is 0 Å². The number of likely N-dealkylation sites (tertiary alicyclic amines) is 1. The third kappa shape index (κ3) is 4.42. The Morgan fingerprint density at radius 2 is 1.79 bits per heavy atom. The van der Waals surface area contributed by atoms with Crippen LogP contribution in [0, 0.1) is 11.7 Å². The van der Waals surface area contributed by atoms with E-state index in [2.05, 4.69) is 4.90 Å². The van der Waals surface area contributed by atoms with Crippen LogP contribution in [0.25, 0.3) is 0 Å². The summed E-state index contributed by atoms with van der Waals surface area (Å²) in [6.07, 6.45) is 3.18. The van der Waals surface area contributed by atoms with Gasteiger partial charge in [0, 0.05) is 12.1 Å². The van der Waals surface area contributed by atoms with Crippen molar-refractivity contribution in [2.45, 2.75) is 25.8 Å². The molecule has 0 atom stereocenters. The lowest BCUT2D eigenvalue weighted by Crippen LogP contribution is -2.33.